The third kappa shape index (κ3) is 8.54. The molecule has 1 saturated heterocycles. The van der Waals surface area contributed by atoms with Crippen LogP contribution in [0, 0.1) is 0 Å². The van der Waals surface area contributed by atoms with Crippen molar-refractivity contribution in [3.8, 4) is 0 Å². The number of hydrogen-bond donors (Lipinski definition) is 5. The Morgan fingerprint density at radius 2 is 2.06 bits per heavy atom. The molecule has 1 amide bonds. The summed E-state index contributed by atoms with van der Waals surface area (Å²) in [7, 11) is -4.81. The number of aliphatic hydroxyl groups excluding tert-OH is 1. The predicted molar refractivity (Wildman–Crippen MR) is 106 cm³/mol. The fourth-order valence-electron chi connectivity index (χ4n) is 2.75. The maximum atomic E-state index is 12.2. The molecule has 15 nitrogen and oxygen atoms in total. The number of nitrogens with one attached hydrogen (secondary N) is 1. The summed E-state index contributed by atoms with van der Waals surface area (Å²) in [5, 5.41) is 13.1. The Hall–Kier alpha value is -1.94. The van der Waals surface area contributed by atoms with E-state index in [4.69, 9.17) is 34.5 Å². The minimum absolute atomic E-state index is 0.0227. The maximum Gasteiger partial charge on any atom is 0.469 e. The zero-order valence-electron chi connectivity index (χ0n) is 17.2. The number of nitrogen functional groups attached to an aromatic ring is 1. The van der Waals surface area contributed by atoms with Crippen molar-refractivity contribution in [2.75, 3.05) is 45.5 Å². The molecular formula is C16H27N4O11P. The fourth-order valence-corrected chi connectivity index (χ4v) is 3.10. The summed E-state index contributed by atoms with van der Waals surface area (Å²) in [4.78, 5) is 44.3. The molecule has 1 aromatic heterocycles. The number of amides is 1. The molecule has 2 rings (SSSR count). The standard InChI is InChI=1S/C16H27N4O11P/c1-10(21)18-3-5-27-6-7-28-9-29-14-13(22)11(8-30-32(24,25)26)31-15(14)20-4-2-12(17)19-16(20)23/h2,4,11,13-15,22H,3,5-9H2,1H3,(H,18,21)(H2,17,19,23)(H2,24,25,26)/t11-,13-,14-,15-/m1/s1. The first-order valence-corrected chi connectivity index (χ1v) is 11.0. The third-order valence-electron chi connectivity index (χ3n) is 4.18. The van der Waals surface area contributed by atoms with E-state index >= 15 is 0 Å². The molecule has 32 heavy (non-hydrogen) atoms. The molecule has 0 aromatic carbocycles. The van der Waals surface area contributed by atoms with Gasteiger partial charge in [-0.05, 0) is 6.07 Å². The Kier molecular flexibility index (Phi) is 10.1. The molecule has 4 atom stereocenters. The highest BCUT2D eigenvalue weighted by molar-refractivity contribution is 7.46. The van der Waals surface area contributed by atoms with Crippen molar-refractivity contribution < 1.29 is 47.7 Å². The van der Waals surface area contributed by atoms with Gasteiger partial charge in [0.25, 0.3) is 0 Å². The number of aromatic nitrogens is 2. The highest BCUT2D eigenvalue weighted by Gasteiger charge is 2.46. The van der Waals surface area contributed by atoms with Crippen LogP contribution in [-0.2, 0) is 32.8 Å². The van der Waals surface area contributed by atoms with Gasteiger partial charge < -0.3 is 44.9 Å². The lowest BCUT2D eigenvalue weighted by atomic mass is 10.1. The molecule has 0 saturated carbocycles. The van der Waals surface area contributed by atoms with Crippen molar-refractivity contribution >= 4 is 19.5 Å². The molecule has 2 heterocycles. The van der Waals surface area contributed by atoms with Crippen molar-refractivity contribution in [2.45, 2.75) is 31.5 Å². The number of nitrogens with zero attached hydrogens (tertiary/aromatic N) is 2. The first-order valence-electron chi connectivity index (χ1n) is 9.48. The average molecular weight is 482 g/mol. The first-order chi connectivity index (χ1) is 15.1. The van der Waals surface area contributed by atoms with Crippen LogP contribution in [0.15, 0.2) is 17.1 Å². The molecule has 0 radical (unpaired) electrons. The van der Waals surface area contributed by atoms with Gasteiger partial charge in [-0.1, -0.05) is 0 Å². The van der Waals surface area contributed by atoms with Crippen LogP contribution in [0.2, 0.25) is 0 Å². The van der Waals surface area contributed by atoms with Crippen molar-refractivity contribution in [3.63, 3.8) is 0 Å². The summed E-state index contributed by atoms with van der Waals surface area (Å²) >= 11 is 0. The monoisotopic (exact) mass is 482 g/mol. The average Bonchev–Trinajstić information content (AvgIpc) is 3.00. The summed E-state index contributed by atoms with van der Waals surface area (Å²) < 4.78 is 38.0. The van der Waals surface area contributed by atoms with Crippen LogP contribution >= 0.6 is 7.82 Å². The second-order valence-corrected chi connectivity index (χ2v) is 7.88. The molecule has 1 aliphatic rings. The quantitative estimate of drug-likeness (QED) is 0.114. The van der Waals surface area contributed by atoms with Crippen LogP contribution in [0.4, 0.5) is 5.82 Å². The van der Waals surface area contributed by atoms with Gasteiger partial charge in [0, 0.05) is 19.7 Å². The maximum absolute atomic E-state index is 12.2. The molecule has 1 aromatic rings. The zero-order chi connectivity index (χ0) is 23.7. The van der Waals surface area contributed by atoms with Crippen molar-refractivity contribution in [3.05, 3.63) is 22.7 Å². The van der Waals surface area contributed by atoms with E-state index in [1.165, 1.54) is 19.2 Å². The smallest absolute Gasteiger partial charge is 0.387 e. The molecule has 1 aliphatic heterocycles. The van der Waals surface area contributed by atoms with E-state index < -0.39 is 44.7 Å². The number of carbonyl (C=O) groups excluding carboxylic acids is 1. The summed E-state index contributed by atoms with van der Waals surface area (Å²) in [6.45, 7) is 1.46. The van der Waals surface area contributed by atoms with Crippen LogP contribution in [-0.4, -0.2) is 88.4 Å². The first kappa shape index (κ1) is 26.3. The van der Waals surface area contributed by atoms with Crippen molar-refractivity contribution in [1.82, 2.24) is 14.9 Å². The second-order valence-electron chi connectivity index (χ2n) is 6.64. The summed E-state index contributed by atoms with van der Waals surface area (Å²) in [5.74, 6) is -0.185. The van der Waals surface area contributed by atoms with Gasteiger partial charge >= 0.3 is 13.5 Å². The number of carbonyl (C=O) groups is 1. The Bertz CT molecular complexity index is 848. The number of phosphoric ester groups is 1. The van der Waals surface area contributed by atoms with E-state index in [-0.39, 0.29) is 31.7 Å². The van der Waals surface area contributed by atoms with Gasteiger partial charge in [-0.3, -0.25) is 13.9 Å². The largest absolute Gasteiger partial charge is 0.469 e. The zero-order valence-corrected chi connectivity index (χ0v) is 18.1. The van der Waals surface area contributed by atoms with Gasteiger partial charge in [-0.15, -0.1) is 0 Å². The van der Waals surface area contributed by atoms with E-state index in [0.717, 1.165) is 4.57 Å². The highest BCUT2D eigenvalue weighted by Crippen LogP contribution is 2.38. The van der Waals surface area contributed by atoms with E-state index in [0.29, 0.717) is 13.2 Å². The molecule has 0 aliphatic carbocycles. The van der Waals surface area contributed by atoms with Gasteiger partial charge in [0.05, 0.1) is 26.4 Å². The number of ether oxygens (including phenoxy) is 4. The molecule has 1 fully saturated rings. The predicted octanol–water partition coefficient (Wildman–Crippen LogP) is -2.29. The van der Waals surface area contributed by atoms with Gasteiger partial charge in [-0.2, -0.15) is 4.98 Å². The molecule has 0 bridgehead atoms. The third-order valence-corrected chi connectivity index (χ3v) is 4.67. The topological polar surface area (TPSA) is 214 Å². The molecule has 6 N–H and O–H groups in total. The lowest BCUT2D eigenvalue weighted by Gasteiger charge is -2.22. The van der Waals surface area contributed by atoms with Gasteiger partial charge in [0.2, 0.25) is 5.91 Å². The van der Waals surface area contributed by atoms with E-state index in [1.54, 1.807) is 0 Å². The van der Waals surface area contributed by atoms with Crippen LogP contribution in [0.25, 0.3) is 0 Å². The van der Waals surface area contributed by atoms with Crippen LogP contribution in [0.5, 0.6) is 0 Å². The van der Waals surface area contributed by atoms with Crippen LogP contribution in [0.1, 0.15) is 13.2 Å². The summed E-state index contributed by atoms with van der Waals surface area (Å²) in [5.41, 5.74) is 4.70. The lowest BCUT2D eigenvalue weighted by Crippen LogP contribution is -2.38. The molecule has 16 heteroatoms. The number of nitrogens with two attached hydrogens (primary N) is 1. The number of anilines is 1. The summed E-state index contributed by atoms with van der Waals surface area (Å²) in [6.07, 6.45) is -3.67. The van der Waals surface area contributed by atoms with Gasteiger partial charge in [0.15, 0.2) is 6.23 Å². The molecule has 182 valence electrons. The Morgan fingerprint density at radius 3 is 2.72 bits per heavy atom. The molecule has 0 unspecified atom stereocenters. The second kappa shape index (κ2) is 12.3. The fraction of sp³-hybridized carbons (Fsp3) is 0.688. The SMILES string of the molecule is CC(=O)NCCOCCOCO[C@@H]1[C@H](O)[C@@H](COP(=O)(O)O)O[C@H]1n1ccc(N)nc1=O. The van der Waals surface area contributed by atoms with E-state index in [1.807, 2.05) is 0 Å². The van der Waals surface area contributed by atoms with E-state index in [2.05, 4.69) is 14.8 Å². The van der Waals surface area contributed by atoms with Gasteiger partial charge in [-0.25, -0.2) is 9.36 Å². The number of aliphatic hydroxyl groups is 1. The van der Waals surface area contributed by atoms with Crippen LogP contribution in [0.3, 0.4) is 0 Å². The number of hydrogen-bond acceptors (Lipinski definition) is 11. The van der Waals surface area contributed by atoms with Crippen LogP contribution < -0.4 is 16.7 Å². The minimum atomic E-state index is -4.81. The molecular weight excluding hydrogens is 455 g/mol. The van der Waals surface area contributed by atoms with Gasteiger partial charge in [0.1, 0.15) is 30.9 Å². The minimum Gasteiger partial charge on any atom is -0.387 e. The Morgan fingerprint density at radius 1 is 1.34 bits per heavy atom. The lowest BCUT2D eigenvalue weighted by molar-refractivity contribution is -0.144. The number of rotatable bonds is 13. The highest BCUT2D eigenvalue weighted by atomic mass is 31.2. The Balaban J connectivity index is 1.91. The normalized spacial score (nSPS) is 23.4. The Labute approximate surface area is 182 Å². The molecule has 0 spiro atoms. The van der Waals surface area contributed by atoms with E-state index in [9.17, 15) is 19.3 Å². The van der Waals surface area contributed by atoms with Crippen molar-refractivity contribution in [1.29, 1.82) is 0 Å². The van der Waals surface area contributed by atoms with Crippen molar-refractivity contribution in [2.24, 2.45) is 0 Å². The summed E-state index contributed by atoms with van der Waals surface area (Å²) in [6, 6.07) is 1.34. The number of phosphoric acid groups is 1.